The summed E-state index contributed by atoms with van der Waals surface area (Å²) in [6.45, 7) is 5.78. The lowest BCUT2D eigenvalue weighted by atomic mass is 10.2. The molecule has 9 heteroatoms. The molecule has 1 aromatic heterocycles. The van der Waals surface area contributed by atoms with E-state index in [-0.39, 0.29) is 30.4 Å². The van der Waals surface area contributed by atoms with Crippen LogP contribution in [0.25, 0.3) is 10.9 Å². The monoisotopic (exact) mass is 406 g/mol. The Morgan fingerprint density at radius 3 is 2.34 bits per heavy atom. The van der Waals surface area contributed by atoms with Gasteiger partial charge in [0.1, 0.15) is 31.0 Å². The van der Waals surface area contributed by atoms with E-state index in [9.17, 15) is 9.59 Å². The number of esters is 1. The standard InChI is InChI=1S/C20H27N3O6/c1-11-8-23(9-12(2)29-11)10-17(24)22-18-13-6-15(26-3)16(27-4)7-14(13)21-19(18)20(25)28-5/h6-7,11-12,21H,8-10H2,1-5H3,(H,22,24)/p+1/t11-,12-/m0/s1. The van der Waals surface area contributed by atoms with Crippen LogP contribution in [0, 0.1) is 0 Å². The minimum atomic E-state index is -0.574. The number of H-pyrrole nitrogens is 1. The minimum absolute atomic E-state index is 0.0944. The zero-order chi connectivity index (χ0) is 21.1. The number of hydrogen-bond donors (Lipinski definition) is 3. The van der Waals surface area contributed by atoms with Gasteiger partial charge in [-0.1, -0.05) is 0 Å². The van der Waals surface area contributed by atoms with Crippen LogP contribution < -0.4 is 19.7 Å². The van der Waals surface area contributed by atoms with E-state index in [1.807, 2.05) is 13.8 Å². The lowest BCUT2D eigenvalue weighted by Crippen LogP contribution is -3.16. The number of anilines is 1. The van der Waals surface area contributed by atoms with E-state index < -0.39 is 5.97 Å². The summed E-state index contributed by atoms with van der Waals surface area (Å²) in [7, 11) is 4.35. The predicted molar refractivity (Wildman–Crippen MR) is 107 cm³/mol. The number of hydrogen-bond acceptors (Lipinski definition) is 6. The number of aromatic nitrogens is 1. The summed E-state index contributed by atoms with van der Waals surface area (Å²) in [5.41, 5.74) is 1.16. The van der Waals surface area contributed by atoms with Gasteiger partial charge >= 0.3 is 5.97 Å². The number of morpholine rings is 1. The highest BCUT2D eigenvalue weighted by molar-refractivity contribution is 6.11. The van der Waals surface area contributed by atoms with E-state index in [1.54, 1.807) is 12.1 Å². The third-order valence-electron chi connectivity index (χ3n) is 4.98. The second-order valence-electron chi connectivity index (χ2n) is 7.26. The lowest BCUT2D eigenvalue weighted by Gasteiger charge is -2.31. The van der Waals surface area contributed by atoms with Gasteiger partial charge in [-0.3, -0.25) is 4.79 Å². The molecule has 9 nitrogen and oxygen atoms in total. The summed E-state index contributed by atoms with van der Waals surface area (Å²) in [6.07, 6.45) is 0.189. The fourth-order valence-corrected chi connectivity index (χ4v) is 3.85. The molecule has 1 amide bonds. The molecule has 0 bridgehead atoms. The Balaban J connectivity index is 1.91. The number of benzene rings is 1. The molecule has 3 rings (SSSR count). The van der Waals surface area contributed by atoms with Crippen molar-refractivity contribution in [3.8, 4) is 11.5 Å². The van der Waals surface area contributed by atoms with Crippen LogP contribution in [-0.4, -0.2) is 70.0 Å². The van der Waals surface area contributed by atoms with Crippen LogP contribution in [0.4, 0.5) is 5.69 Å². The number of carbonyl (C=O) groups is 2. The van der Waals surface area contributed by atoms with Gasteiger partial charge in [0.05, 0.1) is 32.5 Å². The quantitative estimate of drug-likeness (QED) is 0.607. The van der Waals surface area contributed by atoms with E-state index in [2.05, 4.69) is 10.3 Å². The minimum Gasteiger partial charge on any atom is -0.493 e. The number of rotatable bonds is 6. The van der Waals surface area contributed by atoms with Crippen molar-refractivity contribution in [3.63, 3.8) is 0 Å². The molecule has 0 saturated carbocycles. The van der Waals surface area contributed by atoms with Crippen molar-refractivity contribution < 1.29 is 33.4 Å². The molecule has 1 saturated heterocycles. The third-order valence-corrected chi connectivity index (χ3v) is 4.98. The van der Waals surface area contributed by atoms with Crippen molar-refractivity contribution in [2.45, 2.75) is 26.1 Å². The topological polar surface area (TPSA) is 103 Å². The fraction of sp³-hybridized carbons (Fsp3) is 0.500. The number of amides is 1. The van der Waals surface area contributed by atoms with Gasteiger partial charge in [-0.2, -0.15) is 0 Å². The van der Waals surface area contributed by atoms with Gasteiger partial charge in [0.25, 0.3) is 5.91 Å². The van der Waals surface area contributed by atoms with Gasteiger partial charge in [0, 0.05) is 11.5 Å². The van der Waals surface area contributed by atoms with E-state index in [4.69, 9.17) is 18.9 Å². The molecule has 29 heavy (non-hydrogen) atoms. The molecule has 0 unspecified atom stereocenters. The molecule has 1 aliphatic rings. The highest BCUT2D eigenvalue weighted by atomic mass is 16.5. The van der Waals surface area contributed by atoms with E-state index >= 15 is 0 Å². The zero-order valence-corrected chi connectivity index (χ0v) is 17.4. The summed E-state index contributed by atoms with van der Waals surface area (Å²) < 4.78 is 21.3. The van der Waals surface area contributed by atoms with Crippen LogP contribution in [0.3, 0.4) is 0 Å². The molecular formula is C20H28N3O6+. The third kappa shape index (κ3) is 4.46. The Kier molecular flexibility index (Phi) is 6.29. The number of aromatic amines is 1. The highest BCUT2D eigenvalue weighted by Crippen LogP contribution is 2.37. The zero-order valence-electron chi connectivity index (χ0n) is 17.4. The van der Waals surface area contributed by atoms with Gasteiger partial charge in [-0.25, -0.2) is 4.79 Å². The summed E-state index contributed by atoms with van der Waals surface area (Å²) in [6, 6.07) is 3.44. The van der Waals surface area contributed by atoms with Crippen molar-refractivity contribution in [2.24, 2.45) is 0 Å². The molecule has 0 spiro atoms. The highest BCUT2D eigenvalue weighted by Gasteiger charge is 2.28. The van der Waals surface area contributed by atoms with Gasteiger partial charge in [-0.15, -0.1) is 0 Å². The molecule has 2 heterocycles. The second kappa shape index (κ2) is 8.71. The van der Waals surface area contributed by atoms with Gasteiger partial charge in [-0.05, 0) is 19.9 Å². The molecule has 2 aromatic rings. The number of ether oxygens (including phenoxy) is 4. The van der Waals surface area contributed by atoms with Crippen molar-refractivity contribution in [1.82, 2.24) is 4.98 Å². The SMILES string of the molecule is COC(=O)c1[nH]c2cc(OC)c(OC)cc2c1NC(=O)C[NH+]1C[C@H](C)O[C@@H](C)C1. The Bertz CT molecular complexity index is 899. The first-order valence-electron chi connectivity index (χ1n) is 9.51. The number of quaternary nitrogens is 1. The van der Waals surface area contributed by atoms with E-state index in [0.717, 1.165) is 18.0 Å². The maximum absolute atomic E-state index is 12.8. The van der Waals surface area contributed by atoms with Crippen LogP contribution in [0.2, 0.25) is 0 Å². The second-order valence-corrected chi connectivity index (χ2v) is 7.26. The van der Waals surface area contributed by atoms with Crippen molar-refractivity contribution in [1.29, 1.82) is 0 Å². The molecule has 1 aliphatic heterocycles. The van der Waals surface area contributed by atoms with Gasteiger partial charge in [0.15, 0.2) is 18.0 Å². The Hall–Kier alpha value is -2.78. The molecule has 1 fully saturated rings. The van der Waals surface area contributed by atoms with E-state index in [1.165, 1.54) is 21.3 Å². The molecule has 0 aliphatic carbocycles. The van der Waals surface area contributed by atoms with Gasteiger partial charge in [0.2, 0.25) is 0 Å². The van der Waals surface area contributed by atoms with E-state index in [0.29, 0.717) is 28.1 Å². The Labute approximate surface area is 169 Å². The average molecular weight is 406 g/mol. The maximum Gasteiger partial charge on any atom is 0.356 e. The number of carbonyl (C=O) groups excluding carboxylic acids is 2. The molecule has 158 valence electrons. The molecule has 1 aromatic carbocycles. The number of fused-ring (bicyclic) bond motifs is 1. The van der Waals surface area contributed by atoms with Crippen LogP contribution in [0.1, 0.15) is 24.3 Å². The normalized spacial score (nSPS) is 21.6. The van der Waals surface area contributed by atoms with Crippen molar-refractivity contribution >= 4 is 28.5 Å². The van der Waals surface area contributed by atoms with Crippen LogP contribution in [0.5, 0.6) is 11.5 Å². The van der Waals surface area contributed by atoms with Crippen molar-refractivity contribution in [3.05, 3.63) is 17.8 Å². The smallest absolute Gasteiger partial charge is 0.356 e. The van der Waals surface area contributed by atoms with Crippen LogP contribution in [0.15, 0.2) is 12.1 Å². The summed E-state index contributed by atoms with van der Waals surface area (Å²) in [5, 5.41) is 3.52. The molecule has 0 radical (unpaired) electrons. The average Bonchev–Trinajstić information content (AvgIpc) is 3.02. The van der Waals surface area contributed by atoms with Crippen molar-refractivity contribution in [2.75, 3.05) is 46.3 Å². The lowest BCUT2D eigenvalue weighted by molar-refractivity contribution is -0.907. The van der Waals surface area contributed by atoms with Gasteiger partial charge < -0.3 is 34.1 Å². The number of nitrogens with one attached hydrogen (secondary N) is 3. The molecular weight excluding hydrogens is 378 g/mol. The summed E-state index contributed by atoms with van der Waals surface area (Å²) >= 11 is 0. The summed E-state index contributed by atoms with van der Waals surface area (Å²) in [4.78, 5) is 29.2. The number of methoxy groups -OCH3 is 3. The largest absolute Gasteiger partial charge is 0.493 e. The molecule has 3 N–H and O–H groups in total. The maximum atomic E-state index is 12.8. The first-order valence-corrected chi connectivity index (χ1v) is 9.51. The first-order chi connectivity index (χ1) is 13.9. The fourth-order valence-electron chi connectivity index (χ4n) is 3.85. The molecule has 2 atom stereocenters. The van der Waals surface area contributed by atoms with Crippen LogP contribution >= 0.6 is 0 Å². The first kappa shape index (κ1) is 20.9. The Morgan fingerprint density at radius 1 is 1.14 bits per heavy atom. The van der Waals surface area contributed by atoms with Crippen LogP contribution in [-0.2, 0) is 14.3 Å². The predicted octanol–water partition coefficient (Wildman–Crippen LogP) is 0.602. The Morgan fingerprint density at radius 2 is 1.76 bits per heavy atom. The summed E-state index contributed by atoms with van der Waals surface area (Å²) in [5.74, 6) is 0.237.